The van der Waals surface area contributed by atoms with Gasteiger partial charge >= 0.3 is 12.1 Å². The van der Waals surface area contributed by atoms with Crippen molar-refractivity contribution in [1.82, 2.24) is 0 Å². The molecule has 0 aliphatic carbocycles. The second-order valence-electron chi connectivity index (χ2n) is 12.6. The lowest BCUT2D eigenvalue weighted by atomic mass is 9.92. The average molecular weight is 804 g/mol. The van der Waals surface area contributed by atoms with E-state index in [0.29, 0.717) is 34.9 Å². The van der Waals surface area contributed by atoms with Crippen LogP contribution in [0.5, 0.6) is 0 Å². The molecule has 0 fully saturated rings. The minimum Gasteiger partial charge on any atom is -0.316 e. The Bertz CT molecular complexity index is 2840. The van der Waals surface area contributed by atoms with Crippen LogP contribution in [0.15, 0.2) is 127 Å². The van der Waals surface area contributed by atoms with Gasteiger partial charge in [-0.15, -0.1) is 5.11 Å². The van der Waals surface area contributed by atoms with E-state index in [9.17, 15) is 43.9 Å². The third kappa shape index (κ3) is 8.20. The minimum atomic E-state index is -5.27. The standard InChI is InChI=1S/C39H32F3N5O7S2/c1-4-23-18-25(44-46-33-20-35(55(49,50)51)30-11-7-6-10-27(30)22(33)3)14-16-28(23)29-17-15-26(19-24(29)5-2)45-47-34-21-36(56(52,53)54)31-12-8-9-13-32(31)37(34)43-38(48)39(40,41)42/h6-21H,4-5H2,1-3H3,(H,43,48)(H,49,50,51)(H,52,53,54). The summed E-state index contributed by atoms with van der Waals surface area (Å²) in [5.74, 6) is -2.31. The Hall–Kier alpha value is -5.88. The smallest absolute Gasteiger partial charge is 0.316 e. The van der Waals surface area contributed by atoms with Gasteiger partial charge in [0.05, 0.1) is 22.7 Å². The number of nitrogens with zero attached hydrogens (tertiary/aromatic N) is 4. The van der Waals surface area contributed by atoms with Crippen molar-refractivity contribution in [2.45, 2.75) is 49.6 Å². The highest BCUT2D eigenvalue weighted by Gasteiger charge is 2.39. The molecule has 17 heteroatoms. The summed E-state index contributed by atoms with van der Waals surface area (Å²) >= 11 is 0. The SMILES string of the molecule is CCc1cc(N=Nc2cc(S(=O)(=O)O)c3ccccc3c2C)ccc1-c1ccc(N=Nc2cc(S(=O)(=O)O)c3ccccc3c2NC(=O)C(F)(F)F)cc1CC. The molecule has 0 aliphatic rings. The number of aryl methyl sites for hydroxylation is 3. The van der Waals surface area contributed by atoms with Gasteiger partial charge in [-0.2, -0.15) is 45.3 Å². The molecule has 0 heterocycles. The fourth-order valence-corrected chi connectivity index (χ4v) is 7.78. The highest BCUT2D eigenvalue weighted by molar-refractivity contribution is 7.86. The predicted molar refractivity (Wildman–Crippen MR) is 206 cm³/mol. The highest BCUT2D eigenvalue weighted by atomic mass is 32.2. The van der Waals surface area contributed by atoms with E-state index in [2.05, 4.69) is 20.5 Å². The summed E-state index contributed by atoms with van der Waals surface area (Å²) in [6.45, 7) is 5.65. The summed E-state index contributed by atoms with van der Waals surface area (Å²) in [4.78, 5) is 11.1. The minimum absolute atomic E-state index is 0.121. The number of carbonyl (C=O) groups excluding carboxylic acids is 1. The van der Waals surface area contributed by atoms with Gasteiger partial charge in [-0.05, 0) is 89.4 Å². The normalized spacial score (nSPS) is 12.6. The van der Waals surface area contributed by atoms with E-state index in [4.69, 9.17) is 0 Å². The number of hydrogen-bond acceptors (Lipinski definition) is 9. The number of hydrogen-bond donors (Lipinski definition) is 3. The first-order valence-electron chi connectivity index (χ1n) is 16.9. The van der Waals surface area contributed by atoms with Crippen LogP contribution in [0.2, 0.25) is 0 Å². The lowest BCUT2D eigenvalue weighted by Crippen LogP contribution is -2.30. The van der Waals surface area contributed by atoms with E-state index in [0.717, 1.165) is 28.3 Å². The summed E-state index contributed by atoms with van der Waals surface area (Å²) in [5.41, 5.74) is 4.23. The lowest BCUT2D eigenvalue weighted by Gasteiger charge is -2.15. The zero-order valence-corrected chi connectivity index (χ0v) is 31.5. The monoisotopic (exact) mass is 803 g/mol. The maximum Gasteiger partial charge on any atom is 0.471 e. The summed E-state index contributed by atoms with van der Waals surface area (Å²) < 4.78 is 109. The molecule has 0 spiro atoms. The lowest BCUT2D eigenvalue weighted by molar-refractivity contribution is -0.167. The Morgan fingerprint density at radius 3 is 1.52 bits per heavy atom. The van der Waals surface area contributed by atoms with Gasteiger partial charge in [0.1, 0.15) is 15.5 Å². The van der Waals surface area contributed by atoms with Crippen molar-refractivity contribution in [3.8, 4) is 11.1 Å². The molecule has 0 aromatic heterocycles. The van der Waals surface area contributed by atoms with Crippen LogP contribution in [0.1, 0.15) is 30.5 Å². The number of alkyl halides is 3. The zero-order valence-electron chi connectivity index (χ0n) is 29.8. The molecule has 56 heavy (non-hydrogen) atoms. The van der Waals surface area contributed by atoms with Crippen LogP contribution in [0, 0.1) is 6.92 Å². The number of halogens is 3. The summed E-state index contributed by atoms with van der Waals surface area (Å²) in [5, 5.41) is 19.4. The van der Waals surface area contributed by atoms with Gasteiger partial charge < -0.3 is 5.32 Å². The van der Waals surface area contributed by atoms with E-state index < -0.39 is 48.6 Å². The number of carbonyl (C=O) groups is 1. The van der Waals surface area contributed by atoms with Gasteiger partial charge in [-0.25, -0.2) is 0 Å². The van der Waals surface area contributed by atoms with Crippen molar-refractivity contribution in [3.63, 3.8) is 0 Å². The van der Waals surface area contributed by atoms with Gasteiger partial charge in [0.15, 0.2) is 0 Å². The van der Waals surface area contributed by atoms with Crippen molar-refractivity contribution < 1.29 is 43.9 Å². The Kier molecular flexibility index (Phi) is 10.9. The Morgan fingerprint density at radius 2 is 1.05 bits per heavy atom. The first-order valence-corrected chi connectivity index (χ1v) is 19.8. The zero-order chi connectivity index (χ0) is 40.6. The first-order chi connectivity index (χ1) is 26.4. The van der Waals surface area contributed by atoms with E-state index in [1.807, 2.05) is 26.0 Å². The fraction of sp³-hybridized carbons (Fsp3) is 0.154. The topological polar surface area (TPSA) is 187 Å². The fourth-order valence-electron chi connectivity index (χ4n) is 6.34. The van der Waals surface area contributed by atoms with Crippen molar-refractivity contribution in [1.29, 1.82) is 0 Å². The Morgan fingerprint density at radius 1 is 0.625 bits per heavy atom. The number of rotatable bonds is 10. The third-order valence-electron chi connectivity index (χ3n) is 9.06. The molecule has 0 unspecified atom stereocenters. The molecule has 3 N–H and O–H groups in total. The van der Waals surface area contributed by atoms with Crippen LogP contribution < -0.4 is 5.32 Å². The number of nitrogens with one attached hydrogen (secondary N) is 1. The van der Waals surface area contributed by atoms with Crippen molar-refractivity contribution in [2.24, 2.45) is 20.5 Å². The molecular formula is C39H32F3N5O7S2. The van der Waals surface area contributed by atoms with Crippen LogP contribution in [0.4, 0.5) is 41.6 Å². The second kappa shape index (κ2) is 15.3. The highest BCUT2D eigenvalue weighted by Crippen LogP contribution is 2.41. The van der Waals surface area contributed by atoms with E-state index >= 15 is 0 Å². The Balaban J connectivity index is 1.36. The average Bonchev–Trinajstić information content (AvgIpc) is 3.15. The summed E-state index contributed by atoms with van der Waals surface area (Å²) in [7, 11) is -9.43. The first kappa shape index (κ1) is 39.8. The number of amides is 1. The molecular weight excluding hydrogens is 772 g/mol. The molecule has 6 rings (SSSR count). The second-order valence-corrected chi connectivity index (χ2v) is 15.4. The van der Waals surface area contributed by atoms with Gasteiger partial charge in [0.2, 0.25) is 0 Å². The molecule has 1 amide bonds. The third-order valence-corrected chi connectivity index (χ3v) is 10.8. The quantitative estimate of drug-likeness (QED) is 0.0907. The van der Waals surface area contributed by atoms with Gasteiger partial charge in [0, 0.05) is 16.2 Å². The van der Waals surface area contributed by atoms with Crippen LogP contribution >= 0.6 is 0 Å². The van der Waals surface area contributed by atoms with E-state index in [1.54, 1.807) is 60.8 Å². The van der Waals surface area contributed by atoms with Crippen LogP contribution in [-0.4, -0.2) is 38.0 Å². The molecule has 0 radical (unpaired) electrons. The summed E-state index contributed by atoms with van der Waals surface area (Å²) in [6, 6.07) is 24.8. The predicted octanol–water partition coefficient (Wildman–Crippen LogP) is 10.9. The molecule has 0 bridgehead atoms. The van der Waals surface area contributed by atoms with Gasteiger partial charge in [-0.3, -0.25) is 13.9 Å². The number of fused-ring (bicyclic) bond motifs is 2. The van der Waals surface area contributed by atoms with Crippen LogP contribution in [-0.2, 0) is 37.9 Å². The molecule has 6 aromatic carbocycles. The van der Waals surface area contributed by atoms with Crippen LogP contribution in [0.3, 0.4) is 0 Å². The molecule has 6 aromatic rings. The van der Waals surface area contributed by atoms with E-state index in [1.165, 1.54) is 30.3 Å². The Labute approximate surface area is 319 Å². The number of benzene rings is 6. The molecule has 0 aliphatic heterocycles. The van der Waals surface area contributed by atoms with Crippen molar-refractivity contribution in [2.75, 3.05) is 5.32 Å². The maximum atomic E-state index is 13.3. The van der Waals surface area contributed by atoms with Gasteiger partial charge in [0.25, 0.3) is 20.2 Å². The van der Waals surface area contributed by atoms with Crippen LogP contribution in [0.25, 0.3) is 32.7 Å². The van der Waals surface area contributed by atoms with Crippen molar-refractivity contribution >= 4 is 76.1 Å². The molecule has 0 atom stereocenters. The number of anilines is 1. The number of azo groups is 2. The molecule has 0 saturated carbocycles. The van der Waals surface area contributed by atoms with E-state index in [-0.39, 0.29) is 27.0 Å². The largest absolute Gasteiger partial charge is 0.471 e. The molecule has 0 saturated heterocycles. The van der Waals surface area contributed by atoms with Gasteiger partial charge in [-0.1, -0.05) is 74.5 Å². The molecule has 12 nitrogen and oxygen atoms in total. The molecule has 288 valence electrons. The maximum absolute atomic E-state index is 13.3. The summed E-state index contributed by atoms with van der Waals surface area (Å²) in [6.07, 6.45) is -4.15. The van der Waals surface area contributed by atoms with Crippen molar-refractivity contribution in [3.05, 3.63) is 114 Å².